The van der Waals surface area contributed by atoms with Crippen molar-refractivity contribution >= 4 is 34.4 Å². The van der Waals surface area contributed by atoms with Crippen molar-refractivity contribution < 1.29 is 4.79 Å². The molecule has 2 aliphatic rings. The summed E-state index contributed by atoms with van der Waals surface area (Å²) in [6.45, 7) is 0.490. The summed E-state index contributed by atoms with van der Waals surface area (Å²) in [6, 6.07) is 20.4. The summed E-state index contributed by atoms with van der Waals surface area (Å²) in [4.78, 5) is 24.0. The lowest BCUT2D eigenvalue weighted by molar-refractivity contribution is -0.119. The van der Waals surface area contributed by atoms with E-state index in [1.807, 2.05) is 60.7 Å². The zero-order chi connectivity index (χ0) is 19.9. The first-order chi connectivity index (χ1) is 14.3. The fraction of sp³-hybridized carbons (Fsp3) is 0.348. The molecule has 2 aromatic rings. The molecule has 1 N–H and O–H groups in total. The van der Waals surface area contributed by atoms with Gasteiger partial charge in [0.15, 0.2) is 11.0 Å². The molecule has 2 aromatic carbocycles. The van der Waals surface area contributed by atoms with Gasteiger partial charge in [0, 0.05) is 17.3 Å². The van der Waals surface area contributed by atoms with Crippen molar-refractivity contribution in [1.82, 2.24) is 5.32 Å². The van der Waals surface area contributed by atoms with E-state index in [0.717, 1.165) is 29.3 Å². The summed E-state index contributed by atoms with van der Waals surface area (Å²) in [5.41, 5.74) is 2.02. The Morgan fingerprint density at radius 1 is 1.00 bits per heavy atom. The number of carbonyl (C=O) groups is 1. The highest BCUT2D eigenvalue weighted by molar-refractivity contribution is 8.14. The molecule has 4 rings (SSSR count). The predicted octanol–water partition coefficient (Wildman–Crippen LogP) is 4.45. The average molecular weight is 407 g/mol. The Kier molecular flexibility index (Phi) is 6.62. The van der Waals surface area contributed by atoms with E-state index in [2.05, 4.69) is 15.2 Å². The van der Waals surface area contributed by atoms with E-state index in [9.17, 15) is 4.79 Å². The number of hydrogen-bond acceptors (Lipinski definition) is 5. The van der Waals surface area contributed by atoms with Crippen molar-refractivity contribution in [3.63, 3.8) is 0 Å². The lowest BCUT2D eigenvalue weighted by Crippen LogP contribution is -2.39. The Morgan fingerprint density at radius 2 is 1.69 bits per heavy atom. The van der Waals surface area contributed by atoms with E-state index in [-0.39, 0.29) is 5.91 Å². The van der Waals surface area contributed by atoms with Crippen molar-refractivity contribution in [2.24, 2.45) is 9.98 Å². The van der Waals surface area contributed by atoms with E-state index in [4.69, 9.17) is 4.99 Å². The smallest absolute Gasteiger partial charge is 0.230 e. The first-order valence-corrected chi connectivity index (χ1v) is 11.2. The molecule has 0 aromatic heterocycles. The molecule has 6 heteroatoms. The second-order valence-corrected chi connectivity index (χ2v) is 8.28. The zero-order valence-corrected chi connectivity index (χ0v) is 17.3. The fourth-order valence-electron chi connectivity index (χ4n) is 3.68. The largest absolute Gasteiger partial charge is 0.353 e. The molecule has 1 aliphatic carbocycles. The van der Waals surface area contributed by atoms with Crippen LogP contribution >= 0.6 is 11.8 Å². The molecule has 0 radical (unpaired) electrons. The standard InChI is InChI=1S/C23H26N4OS/c28-21(25-19-12-6-2-7-13-19)16-29-23-26-22(18-10-4-1-5-11-18)24-17-27(23)20-14-8-3-9-15-20/h1,3-5,8-11,14-15,19H,2,6-7,12-13,16-17H2,(H,25,28). The number of thioether (sulfide) groups is 1. The highest BCUT2D eigenvalue weighted by atomic mass is 32.2. The summed E-state index contributed by atoms with van der Waals surface area (Å²) in [6.07, 6.45) is 5.90. The second kappa shape index (κ2) is 9.74. The highest BCUT2D eigenvalue weighted by Crippen LogP contribution is 2.24. The minimum atomic E-state index is 0.0846. The van der Waals surface area contributed by atoms with Gasteiger partial charge in [0.1, 0.15) is 6.67 Å². The van der Waals surface area contributed by atoms with Gasteiger partial charge in [-0.3, -0.25) is 4.79 Å². The van der Waals surface area contributed by atoms with Gasteiger partial charge in [0.25, 0.3) is 0 Å². The third-order valence-electron chi connectivity index (χ3n) is 5.20. The van der Waals surface area contributed by atoms with Crippen LogP contribution in [0.25, 0.3) is 0 Å². The number of nitrogens with zero attached hydrogens (tertiary/aromatic N) is 3. The van der Waals surface area contributed by atoms with Crippen LogP contribution in [0.5, 0.6) is 0 Å². The van der Waals surface area contributed by atoms with Crippen molar-refractivity contribution in [1.29, 1.82) is 0 Å². The van der Waals surface area contributed by atoms with Gasteiger partial charge in [-0.15, -0.1) is 0 Å². The Labute approximate surface area is 176 Å². The number of anilines is 1. The van der Waals surface area contributed by atoms with E-state index in [0.29, 0.717) is 24.3 Å². The molecule has 1 aliphatic heterocycles. The molecule has 5 nitrogen and oxygen atoms in total. The first kappa shape index (κ1) is 19.7. The third kappa shape index (κ3) is 5.26. The topological polar surface area (TPSA) is 57.1 Å². The lowest BCUT2D eigenvalue weighted by atomic mass is 9.95. The SMILES string of the molecule is O=C(CSC1=NC(c2ccccc2)=NCN1c1ccccc1)NC1CCCCC1. The first-order valence-electron chi connectivity index (χ1n) is 10.2. The maximum atomic E-state index is 12.5. The fourth-order valence-corrected chi connectivity index (χ4v) is 4.50. The Balaban J connectivity index is 1.47. The highest BCUT2D eigenvalue weighted by Gasteiger charge is 2.22. The quantitative estimate of drug-likeness (QED) is 0.798. The molecule has 29 heavy (non-hydrogen) atoms. The molecule has 1 heterocycles. The third-order valence-corrected chi connectivity index (χ3v) is 6.17. The van der Waals surface area contributed by atoms with E-state index in [1.54, 1.807) is 0 Å². The Hall–Kier alpha value is -2.60. The number of para-hydroxylation sites is 1. The van der Waals surface area contributed by atoms with Crippen LogP contribution in [-0.4, -0.2) is 35.4 Å². The summed E-state index contributed by atoms with van der Waals surface area (Å²) >= 11 is 1.48. The molecule has 0 unspecified atom stereocenters. The van der Waals surface area contributed by atoms with Crippen molar-refractivity contribution in [3.05, 3.63) is 66.2 Å². The van der Waals surface area contributed by atoms with Crippen LogP contribution in [0.3, 0.4) is 0 Å². The van der Waals surface area contributed by atoms with Crippen LogP contribution in [0.15, 0.2) is 70.6 Å². The van der Waals surface area contributed by atoms with Gasteiger partial charge in [-0.25, -0.2) is 9.98 Å². The Morgan fingerprint density at radius 3 is 2.41 bits per heavy atom. The van der Waals surface area contributed by atoms with Crippen LogP contribution in [0.4, 0.5) is 5.69 Å². The van der Waals surface area contributed by atoms with Gasteiger partial charge < -0.3 is 10.2 Å². The van der Waals surface area contributed by atoms with Crippen LogP contribution in [0, 0.1) is 0 Å². The molecule has 0 bridgehead atoms. The van der Waals surface area contributed by atoms with Gasteiger partial charge in [0.05, 0.1) is 5.75 Å². The lowest BCUT2D eigenvalue weighted by Gasteiger charge is -2.27. The number of carbonyl (C=O) groups excluding carboxylic acids is 1. The van der Waals surface area contributed by atoms with Crippen LogP contribution < -0.4 is 10.2 Å². The van der Waals surface area contributed by atoms with Crippen molar-refractivity contribution in [2.45, 2.75) is 38.1 Å². The van der Waals surface area contributed by atoms with Crippen LogP contribution in [0.1, 0.15) is 37.7 Å². The minimum Gasteiger partial charge on any atom is -0.353 e. The van der Waals surface area contributed by atoms with Crippen molar-refractivity contribution in [2.75, 3.05) is 17.3 Å². The number of benzene rings is 2. The maximum Gasteiger partial charge on any atom is 0.230 e. The molecule has 1 amide bonds. The molecule has 0 atom stereocenters. The molecular formula is C23H26N4OS. The molecular weight excluding hydrogens is 380 g/mol. The maximum absolute atomic E-state index is 12.5. The van der Waals surface area contributed by atoms with E-state index in [1.165, 1.54) is 31.0 Å². The number of hydrogen-bond donors (Lipinski definition) is 1. The van der Waals surface area contributed by atoms with Gasteiger partial charge in [-0.05, 0) is 25.0 Å². The van der Waals surface area contributed by atoms with E-state index >= 15 is 0 Å². The summed E-state index contributed by atoms with van der Waals surface area (Å²) in [5, 5.41) is 4.00. The Bertz CT molecular complexity index is 876. The summed E-state index contributed by atoms with van der Waals surface area (Å²) < 4.78 is 0. The molecule has 1 saturated carbocycles. The second-order valence-electron chi connectivity index (χ2n) is 7.34. The minimum absolute atomic E-state index is 0.0846. The number of aliphatic imine (C=N–C) groups is 2. The monoisotopic (exact) mass is 406 g/mol. The number of amides is 1. The van der Waals surface area contributed by atoms with Gasteiger partial charge in [-0.2, -0.15) is 0 Å². The predicted molar refractivity (Wildman–Crippen MR) is 122 cm³/mol. The molecule has 1 fully saturated rings. The normalized spacial score (nSPS) is 17.4. The summed E-state index contributed by atoms with van der Waals surface area (Å²) in [5.74, 6) is 1.16. The van der Waals surface area contributed by atoms with Crippen LogP contribution in [-0.2, 0) is 4.79 Å². The number of amidine groups is 2. The van der Waals surface area contributed by atoms with Gasteiger partial charge >= 0.3 is 0 Å². The summed E-state index contributed by atoms with van der Waals surface area (Å²) in [7, 11) is 0. The van der Waals surface area contributed by atoms with E-state index < -0.39 is 0 Å². The van der Waals surface area contributed by atoms with Gasteiger partial charge in [0.2, 0.25) is 5.91 Å². The molecule has 0 spiro atoms. The number of nitrogens with one attached hydrogen (secondary N) is 1. The molecule has 150 valence electrons. The number of rotatable bonds is 5. The molecule has 0 saturated heterocycles. The van der Waals surface area contributed by atoms with Gasteiger partial charge in [-0.1, -0.05) is 79.6 Å². The van der Waals surface area contributed by atoms with Crippen molar-refractivity contribution in [3.8, 4) is 0 Å². The average Bonchev–Trinajstić information content (AvgIpc) is 2.79. The zero-order valence-electron chi connectivity index (χ0n) is 16.5. The van der Waals surface area contributed by atoms with Crippen LogP contribution in [0.2, 0.25) is 0 Å².